The highest BCUT2D eigenvalue weighted by atomic mass is 32.2. The average molecular weight is 478 g/mol. The maximum atomic E-state index is 13.3. The molecule has 0 bridgehead atoms. The summed E-state index contributed by atoms with van der Waals surface area (Å²) in [5, 5.41) is 4.95. The molecule has 0 saturated carbocycles. The van der Waals surface area contributed by atoms with Crippen molar-refractivity contribution in [3.63, 3.8) is 0 Å². The average Bonchev–Trinajstić information content (AvgIpc) is 3.31. The van der Waals surface area contributed by atoms with Crippen LogP contribution in [0.5, 0.6) is 11.5 Å². The number of nitrogens with zero attached hydrogens (tertiary/aromatic N) is 1. The van der Waals surface area contributed by atoms with Gasteiger partial charge in [-0.2, -0.15) is 0 Å². The van der Waals surface area contributed by atoms with Crippen LogP contribution in [-0.4, -0.2) is 25.1 Å². The van der Waals surface area contributed by atoms with Gasteiger partial charge in [0.25, 0.3) is 0 Å². The summed E-state index contributed by atoms with van der Waals surface area (Å²) in [6.07, 6.45) is 0. The fourth-order valence-corrected chi connectivity index (χ4v) is 5.07. The van der Waals surface area contributed by atoms with Gasteiger partial charge in [0.1, 0.15) is 5.25 Å². The van der Waals surface area contributed by atoms with Gasteiger partial charge in [0.05, 0.1) is 19.9 Å². The zero-order chi connectivity index (χ0) is 23.2. The number of carbonyl (C=O) groups is 1. The monoisotopic (exact) mass is 477 g/mol. The van der Waals surface area contributed by atoms with Gasteiger partial charge in [-0.25, -0.2) is 4.98 Å². The zero-order valence-electron chi connectivity index (χ0n) is 18.1. The third kappa shape index (κ3) is 5.47. The summed E-state index contributed by atoms with van der Waals surface area (Å²) < 4.78 is 10.7. The van der Waals surface area contributed by atoms with Gasteiger partial charge in [0.2, 0.25) is 5.91 Å². The van der Waals surface area contributed by atoms with Crippen LogP contribution in [0.25, 0.3) is 11.3 Å². The zero-order valence-corrected chi connectivity index (χ0v) is 19.8. The minimum Gasteiger partial charge on any atom is -0.493 e. The van der Waals surface area contributed by atoms with E-state index in [1.165, 1.54) is 23.1 Å². The van der Waals surface area contributed by atoms with Gasteiger partial charge in [-0.3, -0.25) is 4.79 Å². The number of nitrogens with two attached hydrogens (primary N) is 1. The highest BCUT2D eigenvalue weighted by Gasteiger charge is 2.23. The van der Waals surface area contributed by atoms with Crippen LogP contribution in [0.4, 0.5) is 10.8 Å². The highest BCUT2D eigenvalue weighted by molar-refractivity contribution is 8.00. The lowest BCUT2D eigenvalue weighted by Gasteiger charge is -2.16. The molecule has 0 aliphatic rings. The lowest BCUT2D eigenvalue weighted by Crippen LogP contribution is -2.19. The van der Waals surface area contributed by atoms with Gasteiger partial charge in [-0.1, -0.05) is 36.4 Å². The number of amides is 1. The van der Waals surface area contributed by atoms with Crippen LogP contribution in [0.15, 0.2) is 83.1 Å². The Labute approximate surface area is 200 Å². The molecule has 4 aromatic rings. The van der Waals surface area contributed by atoms with Crippen molar-refractivity contribution < 1.29 is 14.3 Å². The molecular weight excluding hydrogens is 454 g/mol. The smallest absolute Gasteiger partial charge is 0.244 e. The van der Waals surface area contributed by atoms with Crippen LogP contribution in [0, 0.1) is 0 Å². The fourth-order valence-electron chi connectivity index (χ4n) is 3.25. The third-order valence-corrected chi connectivity index (χ3v) is 6.87. The number of aromatic nitrogens is 1. The first-order valence-corrected chi connectivity index (χ1v) is 11.9. The van der Waals surface area contributed by atoms with E-state index in [9.17, 15) is 4.79 Å². The topological polar surface area (TPSA) is 86.5 Å². The van der Waals surface area contributed by atoms with E-state index in [2.05, 4.69) is 10.3 Å². The van der Waals surface area contributed by atoms with Crippen LogP contribution in [0.1, 0.15) is 10.8 Å². The number of rotatable bonds is 8. The lowest BCUT2D eigenvalue weighted by molar-refractivity contribution is -0.115. The number of hydrogen-bond donors (Lipinski definition) is 2. The molecule has 3 N–H and O–H groups in total. The maximum absolute atomic E-state index is 13.3. The van der Waals surface area contributed by atoms with Crippen molar-refractivity contribution in [1.82, 2.24) is 4.98 Å². The summed E-state index contributed by atoms with van der Waals surface area (Å²) in [7, 11) is 3.19. The first-order chi connectivity index (χ1) is 16.1. The molecule has 1 amide bonds. The molecule has 0 aliphatic heterocycles. The number of anilines is 2. The van der Waals surface area contributed by atoms with Crippen molar-refractivity contribution in [3.05, 3.63) is 83.7 Å². The van der Waals surface area contributed by atoms with Gasteiger partial charge >= 0.3 is 0 Å². The number of methoxy groups -OCH3 is 2. The van der Waals surface area contributed by atoms with Crippen LogP contribution in [0.2, 0.25) is 0 Å². The van der Waals surface area contributed by atoms with Gasteiger partial charge in [-0.05, 0) is 42.0 Å². The molecule has 1 aromatic heterocycles. The Bertz CT molecular complexity index is 1240. The Hall–Kier alpha value is -3.49. The van der Waals surface area contributed by atoms with Crippen molar-refractivity contribution in [2.45, 2.75) is 10.1 Å². The number of carbonyl (C=O) groups excluding carboxylic acids is 1. The highest BCUT2D eigenvalue weighted by Crippen LogP contribution is 2.38. The van der Waals surface area contributed by atoms with E-state index in [0.29, 0.717) is 22.3 Å². The molecule has 0 spiro atoms. The van der Waals surface area contributed by atoms with Crippen molar-refractivity contribution in [2.24, 2.45) is 0 Å². The number of benzene rings is 3. The summed E-state index contributed by atoms with van der Waals surface area (Å²) in [6.45, 7) is 0. The molecule has 0 radical (unpaired) electrons. The predicted octanol–water partition coefficient (Wildman–Crippen LogP) is 5.88. The van der Waals surface area contributed by atoms with E-state index in [0.717, 1.165) is 21.7 Å². The van der Waals surface area contributed by atoms with Crippen molar-refractivity contribution in [1.29, 1.82) is 0 Å². The molecule has 1 unspecified atom stereocenters. The first-order valence-electron chi connectivity index (χ1n) is 10.1. The Morgan fingerprint density at radius 3 is 2.52 bits per heavy atom. The normalized spacial score (nSPS) is 11.6. The second-order valence-corrected chi connectivity index (χ2v) is 9.11. The Balaban J connectivity index is 1.56. The van der Waals surface area contributed by atoms with Crippen LogP contribution in [-0.2, 0) is 4.79 Å². The molecule has 6 nitrogen and oxygen atoms in total. The van der Waals surface area contributed by atoms with Gasteiger partial charge < -0.3 is 20.5 Å². The Morgan fingerprint density at radius 2 is 1.79 bits per heavy atom. The van der Waals surface area contributed by atoms with E-state index in [-0.39, 0.29) is 5.91 Å². The van der Waals surface area contributed by atoms with Gasteiger partial charge in [0, 0.05) is 21.5 Å². The van der Waals surface area contributed by atoms with E-state index in [4.69, 9.17) is 15.2 Å². The molecule has 0 saturated heterocycles. The predicted molar refractivity (Wildman–Crippen MR) is 135 cm³/mol. The van der Waals surface area contributed by atoms with E-state index >= 15 is 0 Å². The molecule has 1 heterocycles. The van der Waals surface area contributed by atoms with Crippen molar-refractivity contribution in [2.75, 3.05) is 25.3 Å². The number of nitrogen functional groups attached to an aromatic ring is 1. The Kier molecular flexibility index (Phi) is 7.16. The summed E-state index contributed by atoms with van der Waals surface area (Å²) in [5.74, 6) is 1.12. The van der Waals surface area contributed by atoms with E-state index in [1.54, 1.807) is 14.2 Å². The minimum atomic E-state index is -0.457. The molecule has 0 aliphatic carbocycles. The second kappa shape index (κ2) is 10.4. The van der Waals surface area contributed by atoms with Crippen molar-refractivity contribution in [3.8, 4) is 22.8 Å². The molecular formula is C25H23N3O3S2. The molecule has 8 heteroatoms. The molecule has 1 atom stereocenters. The molecule has 0 fully saturated rings. The SMILES string of the molecule is COc1ccc(-c2csc(NC(=O)C(Sc3cccc(N)c3)c3ccccc3)n2)cc1OC. The summed E-state index contributed by atoms with van der Waals surface area (Å²) in [6, 6.07) is 22.8. The van der Waals surface area contributed by atoms with Gasteiger partial charge in [-0.15, -0.1) is 23.1 Å². The minimum absolute atomic E-state index is 0.151. The third-order valence-electron chi connectivity index (χ3n) is 4.87. The summed E-state index contributed by atoms with van der Waals surface area (Å²) in [5.41, 5.74) is 9.11. The molecule has 4 rings (SSSR count). The standard InChI is InChI=1S/C25H23N3O3S2/c1-30-21-12-11-17(13-22(21)31-2)20-15-32-25(27-20)28-24(29)23(16-7-4-3-5-8-16)33-19-10-6-9-18(26)14-19/h3-15,23H,26H2,1-2H3,(H,27,28,29). The van der Waals surface area contributed by atoms with E-state index in [1.807, 2.05) is 78.2 Å². The first kappa shape index (κ1) is 22.7. The number of nitrogens with one attached hydrogen (secondary N) is 1. The largest absolute Gasteiger partial charge is 0.493 e. The van der Waals surface area contributed by atoms with E-state index < -0.39 is 5.25 Å². The van der Waals surface area contributed by atoms with Crippen LogP contribution < -0.4 is 20.5 Å². The second-order valence-electron chi connectivity index (χ2n) is 7.08. The number of ether oxygens (including phenoxy) is 2. The van der Waals surface area contributed by atoms with Crippen LogP contribution >= 0.6 is 23.1 Å². The molecule has 3 aromatic carbocycles. The molecule has 33 heavy (non-hydrogen) atoms. The lowest BCUT2D eigenvalue weighted by atomic mass is 10.1. The van der Waals surface area contributed by atoms with Crippen LogP contribution in [0.3, 0.4) is 0 Å². The summed E-state index contributed by atoms with van der Waals surface area (Å²) >= 11 is 2.82. The quantitative estimate of drug-likeness (QED) is 0.243. The number of thiazole rings is 1. The number of hydrogen-bond acceptors (Lipinski definition) is 7. The summed E-state index contributed by atoms with van der Waals surface area (Å²) in [4.78, 5) is 18.8. The maximum Gasteiger partial charge on any atom is 0.244 e. The van der Waals surface area contributed by atoms with Crippen molar-refractivity contribution >= 4 is 39.8 Å². The molecule has 168 valence electrons. The fraction of sp³-hybridized carbons (Fsp3) is 0.120. The Morgan fingerprint density at radius 1 is 1.00 bits per heavy atom. The number of thioether (sulfide) groups is 1. The van der Waals surface area contributed by atoms with Gasteiger partial charge in [0.15, 0.2) is 16.6 Å².